The lowest BCUT2D eigenvalue weighted by molar-refractivity contribution is 0.101. The van der Waals surface area contributed by atoms with Crippen molar-refractivity contribution in [2.75, 3.05) is 11.1 Å². The molecule has 0 saturated carbocycles. The van der Waals surface area contributed by atoms with Gasteiger partial charge in [0, 0.05) is 22.5 Å². The molecule has 5 N–H and O–H groups in total. The zero-order chi connectivity index (χ0) is 19.4. The lowest BCUT2D eigenvalue weighted by Crippen LogP contribution is -2.14. The molecule has 0 aliphatic heterocycles. The Morgan fingerprint density at radius 2 is 1.67 bits per heavy atom. The third kappa shape index (κ3) is 4.21. The van der Waals surface area contributed by atoms with Crippen LogP contribution in [0, 0.1) is 0 Å². The van der Waals surface area contributed by atoms with E-state index in [4.69, 9.17) is 15.9 Å². The number of carbonyl (C=O) groups excluding carboxylic acids is 2. The highest BCUT2D eigenvalue weighted by Gasteiger charge is 2.16. The normalized spacial score (nSPS) is 11.8. The van der Waals surface area contributed by atoms with Gasteiger partial charge >= 0.3 is 0 Å². The molecule has 0 fully saturated rings. The predicted molar refractivity (Wildman–Crippen MR) is 102 cm³/mol. The summed E-state index contributed by atoms with van der Waals surface area (Å²) in [7, 11) is 0. The van der Waals surface area contributed by atoms with Gasteiger partial charge in [-0.15, -0.1) is 0 Å². The second-order valence-electron chi connectivity index (χ2n) is 6.07. The van der Waals surface area contributed by atoms with Crippen molar-refractivity contribution in [1.29, 1.82) is 0 Å². The van der Waals surface area contributed by atoms with E-state index in [1.165, 1.54) is 6.26 Å². The summed E-state index contributed by atoms with van der Waals surface area (Å²) < 4.78 is 5.23. The summed E-state index contributed by atoms with van der Waals surface area (Å²) in [4.78, 5) is 28.8. The van der Waals surface area contributed by atoms with Crippen molar-refractivity contribution in [2.24, 2.45) is 5.73 Å². The number of hydrogen-bond donors (Lipinski definition) is 3. The summed E-state index contributed by atoms with van der Waals surface area (Å²) in [6, 6.07) is 13.0. The second-order valence-corrected chi connectivity index (χ2v) is 6.07. The van der Waals surface area contributed by atoms with E-state index in [2.05, 4.69) is 10.3 Å². The van der Waals surface area contributed by atoms with E-state index in [0.717, 1.165) is 0 Å². The minimum Gasteiger partial charge on any atom is -0.446 e. The highest BCUT2D eigenvalue weighted by atomic mass is 16.3. The minimum atomic E-state index is -0.411. The summed E-state index contributed by atoms with van der Waals surface area (Å²) in [6.45, 7) is 1.90. The Morgan fingerprint density at radius 1 is 1.07 bits per heavy atom. The molecule has 1 aromatic heterocycles. The average molecular weight is 364 g/mol. The Kier molecular flexibility index (Phi) is 5.33. The Bertz CT molecular complexity index is 946. The number of ketones is 1. The maximum Gasteiger partial charge on any atom is 0.277 e. The van der Waals surface area contributed by atoms with Crippen LogP contribution in [0.5, 0.6) is 0 Å². The molecule has 3 aromatic rings. The van der Waals surface area contributed by atoms with Crippen LogP contribution in [-0.4, -0.2) is 16.7 Å². The van der Waals surface area contributed by atoms with E-state index in [1.807, 2.05) is 6.92 Å². The molecule has 1 heterocycles. The number of nitrogens with two attached hydrogens (primary N) is 2. The molecule has 1 amide bonds. The van der Waals surface area contributed by atoms with Gasteiger partial charge in [0.05, 0.1) is 6.04 Å². The molecule has 3 rings (SSSR count). The molecule has 1 unspecified atom stereocenters. The van der Waals surface area contributed by atoms with Crippen LogP contribution in [0.4, 0.5) is 11.4 Å². The van der Waals surface area contributed by atoms with Gasteiger partial charge in [-0.1, -0.05) is 6.92 Å². The first-order chi connectivity index (χ1) is 13.0. The molecule has 7 nitrogen and oxygen atoms in total. The Balaban J connectivity index is 1.68. The number of hydrogen-bond acceptors (Lipinski definition) is 6. The van der Waals surface area contributed by atoms with Gasteiger partial charge in [-0.2, -0.15) is 0 Å². The minimum absolute atomic E-state index is 0.123. The Morgan fingerprint density at radius 3 is 2.26 bits per heavy atom. The average Bonchev–Trinajstić information content (AvgIpc) is 3.18. The van der Waals surface area contributed by atoms with Crippen LogP contribution in [0.15, 0.2) is 59.2 Å². The van der Waals surface area contributed by atoms with Gasteiger partial charge in [0.1, 0.15) is 6.26 Å². The third-order valence-electron chi connectivity index (χ3n) is 4.09. The Hall–Kier alpha value is -3.45. The quantitative estimate of drug-likeness (QED) is 0.456. The van der Waals surface area contributed by atoms with Crippen LogP contribution in [0.1, 0.15) is 51.7 Å². The monoisotopic (exact) mass is 364 g/mol. The van der Waals surface area contributed by atoms with Crippen LogP contribution in [0.3, 0.4) is 0 Å². The van der Waals surface area contributed by atoms with Gasteiger partial charge in [-0.3, -0.25) is 9.59 Å². The van der Waals surface area contributed by atoms with Crippen molar-refractivity contribution in [2.45, 2.75) is 19.4 Å². The molecule has 0 radical (unpaired) electrons. The van der Waals surface area contributed by atoms with Crippen LogP contribution >= 0.6 is 0 Å². The van der Waals surface area contributed by atoms with Gasteiger partial charge < -0.3 is 21.2 Å². The smallest absolute Gasteiger partial charge is 0.277 e. The van der Waals surface area contributed by atoms with Crippen molar-refractivity contribution in [3.05, 3.63) is 77.5 Å². The fraction of sp³-hybridized carbons (Fsp3) is 0.150. The summed E-state index contributed by atoms with van der Waals surface area (Å²) in [6.07, 6.45) is 1.93. The van der Waals surface area contributed by atoms with Crippen LogP contribution in [-0.2, 0) is 0 Å². The molecule has 1 atom stereocenters. The number of anilines is 2. The van der Waals surface area contributed by atoms with Crippen LogP contribution in [0.25, 0.3) is 0 Å². The zero-order valence-corrected chi connectivity index (χ0v) is 14.8. The molecular formula is C20H20N4O3. The molecule has 27 heavy (non-hydrogen) atoms. The highest BCUT2D eigenvalue weighted by molar-refractivity contribution is 6.09. The van der Waals surface area contributed by atoms with Gasteiger partial charge in [-0.25, -0.2) is 4.98 Å². The van der Waals surface area contributed by atoms with E-state index in [1.54, 1.807) is 48.5 Å². The molecule has 2 aromatic carbocycles. The van der Waals surface area contributed by atoms with E-state index in [9.17, 15) is 9.59 Å². The fourth-order valence-electron chi connectivity index (χ4n) is 2.44. The molecule has 7 heteroatoms. The summed E-state index contributed by atoms with van der Waals surface area (Å²) in [5, 5.41) is 2.71. The lowest BCUT2D eigenvalue weighted by atomic mass is 10.0. The number of rotatable bonds is 6. The second kappa shape index (κ2) is 7.84. The molecule has 0 aliphatic rings. The maximum absolute atomic E-state index is 12.4. The summed E-state index contributed by atoms with van der Waals surface area (Å²) in [5.41, 5.74) is 13.8. The number of nitrogens with zero attached hydrogens (tertiary/aromatic N) is 1. The lowest BCUT2D eigenvalue weighted by Gasteiger charge is -2.05. The number of aromatic nitrogens is 1. The van der Waals surface area contributed by atoms with Crippen molar-refractivity contribution < 1.29 is 14.0 Å². The SMILES string of the molecule is CCC(N)c1nc(C(=O)Nc2ccc(C(=O)c3ccc(N)cc3)cc2)co1. The third-order valence-corrected chi connectivity index (χ3v) is 4.09. The number of nitrogens with one attached hydrogen (secondary N) is 1. The van der Waals surface area contributed by atoms with Crippen LogP contribution in [0.2, 0.25) is 0 Å². The van der Waals surface area contributed by atoms with Crippen molar-refractivity contribution in [3.8, 4) is 0 Å². The summed E-state index contributed by atoms with van der Waals surface area (Å²) in [5.74, 6) is -0.208. The van der Waals surface area contributed by atoms with E-state index in [0.29, 0.717) is 34.8 Å². The first-order valence-electron chi connectivity index (χ1n) is 8.50. The maximum atomic E-state index is 12.4. The van der Waals surface area contributed by atoms with Gasteiger partial charge in [0.2, 0.25) is 5.89 Å². The first kappa shape index (κ1) is 18.3. The van der Waals surface area contributed by atoms with Gasteiger partial charge in [0.15, 0.2) is 11.5 Å². The summed E-state index contributed by atoms with van der Waals surface area (Å²) >= 11 is 0. The number of carbonyl (C=O) groups is 2. The zero-order valence-electron chi connectivity index (χ0n) is 14.8. The number of oxazole rings is 1. The van der Waals surface area contributed by atoms with Crippen molar-refractivity contribution in [1.82, 2.24) is 4.98 Å². The number of benzene rings is 2. The highest BCUT2D eigenvalue weighted by Crippen LogP contribution is 2.17. The molecule has 0 aliphatic carbocycles. The molecule has 138 valence electrons. The first-order valence-corrected chi connectivity index (χ1v) is 8.50. The van der Waals surface area contributed by atoms with E-state index in [-0.39, 0.29) is 17.5 Å². The van der Waals surface area contributed by atoms with E-state index < -0.39 is 5.91 Å². The number of amides is 1. The predicted octanol–water partition coefficient (Wildman–Crippen LogP) is 3.15. The fourth-order valence-corrected chi connectivity index (χ4v) is 2.44. The van der Waals surface area contributed by atoms with Crippen molar-refractivity contribution >= 4 is 23.1 Å². The van der Waals surface area contributed by atoms with Crippen molar-refractivity contribution in [3.63, 3.8) is 0 Å². The molecular weight excluding hydrogens is 344 g/mol. The topological polar surface area (TPSA) is 124 Å². The molecule has 0 spiro atoms. The number of nitrogen functional groups attached to an aromatic ring is 1. The van der Waals surface area contributed by atoms with E-state index >= 15 is 0 Å². The molecule has 0 saturated heterocycles. The Labute approximate surface area is 156 Å². The van der Waals surface area contributed by atoms with Gasteiger partial charge in [0.25, 0.3) is 5.91 Å². The molecule has 0 bridgehead atoms. The van der Waals surface area contributed by atoms with Gasteiger partial charge in [-0.05, 0) is 55.0 Å². The van der Waals surface area contributed by atoms with Crippen LogP contribution < -0.4 is 16.8 Å². The largest absolute Gasteiger partial charge is 0.446 e. The standard InChI is InChI=1S/C20H20N4O3/c1-2-16(22)20-24-17(11-27-20)19(26)23-15-9-5-13(6-10-15)18(25)12-3-7-14(21)8-4-12/h3-11,16H,2,21-22H2,1H3,(H,23,26).